The molecule has 0 radical (unpaired) electrons. The van der Waals surface area contributed by atoms with Crippen molar-refractivity contribution >= 4 is 29.4 Å². The normalized spacial score (nSPS) is 20.7. The van der Waals surface area contributed by atoms with Gasteiger partial charge in [-0.05, 0) is 52.4 Å². The molecule has 1 aromatic heterocycles. The van der Waals surface area contributed by atoms with E-state index in [-0.39, 0.29) is 61.1 Å². The number of carbonyl (C=O) groups excluding carboxylic acids is 5. The highest BCUT2D eigenvalue weighted by Crippen LogP contribution is 2.26. The summed E-state index contributed by atoms with van der Waals surface area (Å²) in [7, 11) is 1.49. The number of rotatable bonds is 7. The minimum absolute atomic E-state index is 0.00271. The molecule has 2 fully saturated rings. The molecular weight excluding hydrogens is 528 g/mol. The van der Waals surface area contributed by atoms with Crippen LogP contribution in [0.4, 0.5) is 0 Å². The van der Waals surface area contributed by atoms with E-state index in [9.17, 15) is 24.0 Å². The molecule has 41 heavy (non-hydrogen) atoms. The largest absolute Gasteiger partial charge is 0.375 e. The van der Waals surface area contributed by atoms with Crippen molar-refractivity contribution in [1.82, 2.24) is 29.8 Å². The molecule has 0 saturated carbocycles. The van der Waals surface area contributed by atoms with E-state index in [1.54, 1.807) is 28.5 Å². The van der Waals surface area contributed by atoms with E-state index in [0.29, 0.717) is 75.2 Å². The second kappa shape index (κ2) is 14.6. The van der Waals surface area contributed by atoms with Gasteiger partial charge in [-0.3, -0.25) is 28.7 Å². The van der Waals surface area contributed by atoms with Crippen LogP contribution < -0.4 is 5.32 Å². The minimum Gasteiger partial charge on any atom is -0.375 e. The number of Topliss-reactive ketones (excluding diaryl/α,β-unsaturated/α-hetero) is 1. The first kappa shape index (κ1) is 32.2. The predicted octanol–water partition coefficient (Wildman–Crippen LogP) is 1.32. The molecule has 4 amide bonds. The third kappa shape index (κ3) is 8.15. The van der Waals surface area contributed by atoms with Gasteiger partial charge in [-0.25, -0.2) is 0 Å². The summed E-state index contributed by atoms with van der Waals surface area (Å²) in [6.07, 6.45) is 2.67. The monoisotopic (exact) mass is 574 g/mol. The van der Waals surface area contributed by atoms with Crippen LogP contribution in [0.2, 0.25) is 0 Å². The van der Waals surface area contributed by atoms with Crippen molar-refractivity contribution in [3.8, 4) is 0 Å². The topological polar surface area (TPSA) is 134 Å². The van der Waals surface area contributed by atoms with Gasteiger partial charge in [0.1, 0.15) is 19.2 Å². The van der Waals surface area contributed by atoms with E-state index in [1.807, 2.05) is 13.8 Å². The van der Waals surface area contributed by atoms with Crippen LogP contribution in [-0.2, 0) is 30.5 Å². The van der Waals surface area contributed by atoms with Gasteiger partial charge >= 0.3 is 0 Å². The van der Waals surface area contributed by atoms with Crippen LogP contribution >= 0.6 is 0 Å². The number of amides is 4. The number of aromatic nitrogens is 2. The van der Waals surface area contributed by atoms with Crippen molar-refractivity contribution in [2.45, 2.75) is 85.4 Å². The summed E-state index contributed by atoms with van der Waals surface area (Å²) in [4.78, 5) is 70.3. The second-order valence-electron chi connectivity index (χ2n) is 11.6. The molecule has 12 nitrogen and oxygen atoms in total. The first-order valence-electron chi connectivity index (χ1n) is 14.6. The molecular formula is C29H46N6O6. The fourth-order valence-corrected chi connectivity index (χ4v) is 5.89. The average molecular weight is 575 g/mol. The molecule has 2 saturated heterocycles. The smallest absolute Gasteiger partial charge is 0.248 e. The fourth-order valence-electron chi connectivity index (χ4n) is 5.89. The zero-order valence-electron chi connectivity index (χ0n) is 25.4. The molecule has 0 spiro atoms. The molecule has 2 atom stereocenters. The van der Waals surface area contributed by atoms with E-state index in [1.165, 1.54) is 18.7 Å². The Morgan fingerprint density at radius 2 is 1.71 bits per heavy atom. The van der Waals surface area contributed by atoms with Crippen LogP contribution in [-0.4, -0.2) is 112 Å². The van der Waals surface area contributed by atoms with Crippen LogP contribution in [0.3, 0.4) is 0 Å². The highest BCUT2D eigenvalue weighted by Gasteiger charge is 2.43. The zero-order chi connectivity index (χ0) is 30.3. The lowest BCUT2D eigenvalue weighted by Crippen LogP contribution is -2.47. The quantitative estimate of drug-likeness (QED) is 0.486. The molecule has 1 N–H and O–H groups in total. The summed E-state index contributed by atoms with van der Waals surface area (Å²) >= 11 is 0. The summed E-state index contributed by atoms with van der Waals surface area (Å²) in [5, 5.41) is 7.38. The number of hydrogen-bond acceptors (Lipinski definition) is 7. The van der Waals surface area contributed by atoms with Crippen molar-refractivity contribution < 1.29 is 28.7 Å². The number of ether oxygens (including phenoxy) is 1. The highest BCUT2D eigenvalue weighted by molar-refractivity contribution is 5.96. The van der Waals surface area contributed by atoms with Gasteiger partial charge in [0.05, 0.1) is 17.3 Å². The minimum atomic E-state index is -0.714. The SMILES string of the molecule is COCC(=O)N1CCCCNC(=O)[C@@H]2C[C@@H](CN2C(=O)Cn2nc(C)c(C(C)=O)c2C)N(C(=O)CC(C)C)CCC1. The van der Waals surface area contributed by atoms with Crippen molar-refractivity contribution in [3.63, 3.8) is 0 Å². The number of ketones is 1. The maximum Gasteiger partial charge on any atom is 0.248 e. The van der Waals surface area contributed by atoms with Crippen LogP contribution in [0.5, 0.6) is 0 Å². The van der Waals surface area contributed by atoms with Gasteiger partial charge in [0.2, 0.25) is 23.6 Å². The molecule has 0 aliphatic carbocycles. The number of nitrogens with zero attached hydrogens (tertiary/aromatic N) is 5. The Bertz CT molecular complexity index is 1130. The molecule has 2 aliphatic heterocycles. The summed E-state index contributed by atoms with van der Waals surface area (Å²) in [6, 6.07) is -1.05. The Morgan fingerprint density at radius 1 is 1.00 bits per heavy atom. The van der Waals surface area contributed by atoms with Crippen LogP contribution in [0, 0.1) is 19.8 Å². The molecule has 2 bridgehead atoms. The lowest BCUT2D eigenvalue weighted by atomic mass is 10.1. The van der Waals surface area contributed by atoms with Crippen molar-refractivity contribution in [2.75, 3.05) is 46.4 Å². The van der Waals surface area contributed by atoms with E-state index in [2.05, 4.69) is 10.4 Å². The van der Waals surface area contributed by atoms with Gasteiger partial charge in [0.15, 0.2) is 5.78 Å². The van der Waals surface area contributed by atoms with E-state index in [4.69, 9.17) is 4.74 Å². The lowest BCUT2D eigenvalue weighted by molar-refractivity contribution is -0.139. The van der Waals surface area contributed by atoms with Gasteiger partial charge < -0.3 is 24.8 Å². The van der Waals surface area contributed by atoms with E-state index in [0.717, 1.165) is 0 Å². The van der Waals surface area contributed by atoms with Gasteiger partial charge in [0, 0.05) is 51.9 Å². The van der Waals surface area contributed by atoms with Crippen LogP contribution in [0.15, 0.2) is 0 Å². The van der Waals surface area contributed by atoms with E-state index >= 15 is 0 Å². The van der Waals surface area contributed by atoms with Gasteiger partial charge in [0.25, 0.3) is 0 Å². The first-order valence-corrected chi connectivity index (χ1v) is 14.6. The third-order valence-electron chi connectivity index (χ3n) is 7.87. The summed E-state index contributed by atoms with van der Waals surface area (Å²) < 4.78 is 6.57. The van der Waals surface area contributed by atoms with Gasteiger partial charge in [-0.2, -0.15) is 5.10 Å². The van der Waals surface area contributed by atoms with Gasteiger partial charge in [-0.1, -0.05) is 13.8 Å². The molecule has 12 heteroatoms. The summed E-state index contributed by atoms with van der Waals surface area (Å²) in [5.41, 5.74) is 1.67. The molecule has 3 heterocycles. The molecule has 228 valence electrons. The Labute approximate surface area is 242 Å². The third-order valence-corrected chi connectivity index (χ3v) is 7.87. The first-order chi connectivity index (χ1) is 19.4. The Kier molecular flexibility index (Phi) is 11.5. The highest BCUT2D eigenvalue weighted by atomic mass is 16.5. The average Bonchev–Trinajstić information content (AvgIpc) is 3.44. The standard InChI is InChI=1S/C29H46N6O6/c1-19(2)14-25(37)33-13-9-12-32(27(39)18-41-6)11-8-7-10-30-29(40)24-15-23(33)16-34(24)26(38)17-35-21(4)28(22(5)36)20(3)31-35/h19,23-24H,7-18H2,1-6H3,(H,30,40)/t23-,24-/m0/s1. The molecule has 1 aromatic rings. The Balaban J connectivity index is 1.87. The number of fused-ring (bicyclic) bond motifs is 2. The number of likely N-dealkylation sites (tertiary alicyclic amines) is 1. The fraction of sp³-hybridized carbons (Fsp3) is 0.724. The number of aryl methyl sites for hydroxylation is 1. The van der Waals surface area contributed by atoms with Crippen LogP contribution in [0.25, 0.3) is 0 Å². The Morgan fingerprint density at radius 3 is 2.34 bits per heavy atom. The van der Waals surface area contributed by atoms with Crippen LogP contribution in [0.1, 0.15) is 74.6 Å². The number of methoxy groups -OCH3 is 1. The molecule has 3 rings (SSSR count). The molecule has 0 aromatic carbocycles. The number of carbonyl (C=O) groups is 5. The predicted molar refractivity (Wildman–Crippen MR) is 152 cm³/mol. The zero-order valence-corrected chi connectivity index (χ0v) is 25.4. The Hall–Kier alpha value is -3.28. The second-order valence-corrected chi connectivity index (χ2v) is 11.6. The summed E-state index contributed by atoms with van der Waals surface area (Å²) in [6.45, 7) is 10.9. The van der Waals surface area contributed by atoms with Crippen molar-refractivity contribution in [2.24, 2.45) is 5.92 Å². The summed E-state index contributed by atoms with van der Waals surface area (Å²) in [5.74, 6) is -0.626. The maximum absolute atomic E-state index is 13.7. The van der Waals surface area contributed by atoms with Crippen molar-refractivity contribution in [3.05, 3.63) is 17.0 Å². The number of hydrogen-bond donors (Lipinski definition) is 1. The lowest BCUT2D eigenvalue weighted by Gasteiger charge is -2.31. The van der Waals surface area contributed by atoms with Gasteiger partial charge in [-0.15, -0.1) is 0 Å². The molecule has 2 aliphatic rings. The van der Waals surface area contributed by atoms with Crippen molar-refractivity contribution in [1.29, 1.82) is 0 Å². The molecule has 0 unspecified atom stereocenters. The van der Waals surface area contributed by atoms with E-state index < -0.39 is 6.04 Å². The number of nitrogens with one attached hydrogen (secondary N) is 1. The maximum atomic E-state index is 13.7.